The van der Waals surface area contributed by atoms with E-state index in [2.05, 4.69) is 6.58 Å². The second kappa shape index (κ2) is 8.88. The molecule has 0 heterocycles. The van der Waals surface area contributed by atoms with Gasteiger partial charge in [-0.3, -0.25) is 4.79 Å². The molecule has 3 heteroatoms. The molecule has 130 valence electrons. The Balaban J connectivity index is 2.52. The van der Waals surface area contributed by atoms with E-state index in [0.29, 0.717) is 12.4 Å². The lowest BCUT2D eigenvalue weighted by Crippen LogP contribution is -2.09. The maximum absolute atomic E-state index is 11.4. The van der Waals surface area contributed by atoms with E-state index in [4.69, 9.17) is 9.47 Å². The van der Waals surface area contributed by atoms with Crippen molar-refractivity contribution in [2.75, 3.05) is 6.61 Å². The van der Waals surface area contributed by atoms with Crippen molar-refractivity contribution in [3.8, 4) is 16.9 Å². The second-order valence-corrected chi connectivity index (χ2v) is 5.95. The smallest absolute Gasteiger partial charge is 0.303 e. The van der Waals surface area contributed by atoms with Crippen molar-refractivity contribution in [2.24, 2.45) is 0 Å². The van der Waals surface area contributed by atoms with Gasteiger partial charge < -0.3 is 9.47 Å². The van der Waals surface area contributed by atoms with Crippen molar-refractivity contribution in [2.45, 2.75) is 26.9 Å². The van der Waals surface area contributed by atoms with Gasteiger partial charge in [0.05, 0.1) is 0 Å². The second-order valence-electron chi connectivity index (χ2n) is 5.95. The molecule has 2 rings (SSSR count). The van der Waals surface area contributed by atoms with Crippen molar-refractivity contribution >= 4 is 5.97 Å². The fraction of sp³-hybridized carbons (Fsp3) is 0.227. The van der Waals surface area contributed by atoms with Gasteiger partial charge in [-0.2, -0.15) is 0 Å². The molecule has 0 aliphatic heterocycles. The van der Waals surface area contributed by atoms with Gasteiger partial charge in [-0.05, 0) is 31.6 Å². The summed E-state index contributed by atoms with van der Waals surface area (Å²) in [6, 6.07) is 15.8. The summed E-state index contributed by atoms with van der Waals surface area (Å²) < 4.78 is 11.5. The molecule has 0 spiro atoms. The molecule has 2 aromatic carbocycles. The summed E-state index contributed by atoms with van der Waals surface area (Å²) in [5.41, 5.74) is 3.97. The zero-order chi connectivity index (χ0) is 18.2. The van der Waals surface area contributed by atoms with Crippen LogP contribution in [0.15, 0.2) is 72.8 Å². The number of ether oxygens (including phenoxy) is 2. The van der Waals surface area contributed by atoms with Crippen LogP contribution in [0.25, 0.3) is 11.1 Å². The number of rotatable bonds is 7. The summed E-state index contributed by atoms with van der Waals surface area (Å²) in [6.07, 6.45) is 3.07. The Morgan fingerprint density at radius 3 is 2.40 bits per heavy atom. The molecule has 3 nitrogen and oxygen atoms in total. The first-order valence-electron chi connectivity index (χ1n) is 8.27. The summed E-state index contributed by atoms with van der Waals surface area (Å²) in [7, 11) is 0. The van der Waals surface area contributed by atoms with Gasteiger partial charge in [-0.1, -0.05) is 60.7 Å². The SMILES string of the molecule is C=CC(OC(C)=O)c1cccc(-c2ccccc2)c1OCC=C(C)C. The third-order valence-electron chi connectivity index (χ3n) is 3.66. The highest BCUT2D eigenvalue weighted by atomic mass is 16.5. The standard InChI is InChI=1S/C22H24O3/c1-5-21(25-17(4)23)20-13-9-12-19(18-10-7-6-8-11-18)22(20)24-15-14-16(2)3/h5-14,21H,1,15H2,2-4H3. The first-order chi connectivity index (χ1) is 12.0. The molecule has 0 amide bonds. The fourth-order valence-electron chi connectivity index (χ4n) is 2.49. The highest BCUT2D eigenvalue weighted by molar-refractivity contribution is 5.73. The number of carbonyl (C=O) groups excluding carboxylic acids is 1. The maximum Gasteiger partial charge on any atom is 0.303 e. The van der Waals surface area contributed by atoms with E-state index in [9.17, 15) is 4.79 Å². The molecule has 1 atom stereocenters. The lowest BCUT2D eigenvalue weighted by molar-refractivity contribution is -0.144. The van der Waals surface area contributed by atoms with Crippen LogP contribution in [-0.2, 0) is 9.53 Å². The molecule has 0 aliphatic carbocycles. The lowest BCUT2D eigenvalue weighted by atomic mass is 9.98. The van der Waals surface area contributed by atoms with Crippen LogP contribution in [0.3, 0.4) is 0 Å². The molecule has 0 fully saturated rings. The van der Waals surface area contributed by atoms with Gasteiger partial charge in [0.15, 0.2) is 0 Å². The van der Waals surface area contributed by atoms with Crippen LogP contribution >= 0.6 is 0 Å². The predicted octanol–water partition coefficient (Wildman–Crippen LogP) is 5.49. The molecule has 0 aliphatic rings. The van der Waals surface area contributed by atoms with E-state index < -0.39 is 6.10 Å². The molecule has 0 aromatic heterocycles. The number of allylic oxidation sites excluding steroid dienone is 1. The topological polar surface area (TPSA) is 35.5 Å². The quantitative estimate of drug-likeness (QED) is 0.495. The monoisotopic (exact) mass is 336 g/mol. The third kappa shape index (κ3) is 5.08. The average molecular weight is 336 g/mol. The van der Waals surface area contributed by atoms with Crippen molar-refractivity contribution < 1.29 is 14.3 Å². The Kier molecular flexibility index (Phi) is 6.58. The number of carbonyl (C=O) groups is 1. The summed E-state index contributed by atoms with van der Waals surface area (Å²) in [6.45, 7) is 9.69. The van der Waals surface area contributed by atoms with Crippen LogP contribution in [0.5, 0.6) is 5.75 Å². The normalized spacial score (nSPS) is 11.3. The van der Waals surface area contributed by atoms with Gasteiger partial charge in [0.1, 0.15) is 18.5 Å². The fourth-order valence-corrected chi connectivity index (χ4v) is 2.49. The van der Waals surface area contributed by atoms with Crippen molar-refractivity contribution in [3.05, 3.63) is 78.4 Å². The summed E-state index contributed by atoms with van der Waals surface area (Å²) in [5.74, 6) is 0.350. The van der Waals surface area contributed by atoms with Crippen LogP contribution in [0, 0.1) is 0 Å². The average Bonchev–Trinajstić information content (AvgIpc) is 2.60. The Morgan fingerprint density at radius 2 is 1.80 bits per heavy atom. The highest BCUT2D eigenvalue weighted by Crippen LogP contribution is 2.38. The third-order valence-corrected chi connectivity index (χ3v) is 3.66. The highest BCUT2D eigenvalue weighted by Gasteiger charge is 2.19. The van der Waals surface area contributed by atoms with Gasteiger partial charge in [0, 0.05) is 18.1 Å². The molecule has 25 heavy (non-hydrogen) atoms. The zero-order valence-corrected chi connectivity index (χ0v) is 15.0. The van der Waals surface area contributed by atoms with Crippen LogP contribution in [0.4, 0.5) is 0 Å². The number of para-hydroxylation sites is 1. The van der Waals surface area contributed by atoms with E-state index in [1.165, 1.54) is 12.5 Å². The van der Waals surface area contributed by atoms with E-state index in [0.717, 1.165) is 16.7 Å². The summed E-state index contributed by atoms with van der Waals surface area (Å²) in [5, 5.41) is 0. The molecule has 1 unspecified atom stereocenters. The minimum Gasteiger partial charge on any atom is -0.488 e. The molecule has 0 saturated carbocycles. The van der Waals surface area contributed by atoms with Gasteiger partial charge in [0.2, 0.25) is 0 Å². The van der Waals surface area contributed by atoms with E-state index in [-0.39, 0.29) is 5.97 Å². The predicted molar refractivity (Wildman–Crippen MR) is 102 cm³/mol. The largest absolute Gasteiger partial charge is 0.488 e. The van der Waals surface area contributed by atoms with Gasteiger partial charge in [0.25, 0.3) is 0 Å². The van der Waals surface area contributed by atoms with Crippen LogP contribution in [-0.4, -0.2) is 12.6 Å². The van der Waals surface area contributed by atoms with Crippen LogP contribution in [0.1, 0.15) is 32.4 Å². The van der Waals surface area contributed by atoms with Gasteiger partial charge in [-0.15, -0.1) is 0 Å². The van der Waals surface area contributed by atoms with Gasteiger partial charge in [-0.25, -0.2) is 0 Å². The Bertz CT molecular complexity index is 756. The Hall–Kier alpha value is -2.81. The van der Waals surface area contributed by atoms with Crippen LogP contribution < -0.4 is 4.74 Å². The summed E-state index contributed by atoms with van der Waals surface area (Å²) >= 11 is 0. The van der Waals surface area contributed by atoms with Crippen LogP contribution in [0.2, 0.25) is 0 Å². The molecular formula is C22H24O3. The Labute approximate surface area is 149 Å². The molecule has 0 N–H and O–H groups in total. The number of esters is 1. The number of hydrogen-bond acceptors (Lipinski definition) is 3. The minimum absolute atomic E-state index is 0.356. The maximum atomic E-state index is 11.4. The number of hydrogen-bond donors (Lipinski definition) is 0. The molecule has 2 aromatic rings. The Morgan fingerprint density at radius 1 is 1.08 bits per heavy atom. The summed E-state index contributed by atoms with van der Waals surface area (Å²) in [4.78, 5) is 11.4. The molecule has 0 radical (unpaired) electrons. The minimum atomic E-state index is -0.553. The van der Waals surface area contributed by atoms with Crippen molar-refractivity contribution in [1.29, 1.82) is 0 Å². The molecule has 0 saturated heterocycles. The molecular weight excluding hydrogens is 312 g/mol. The zero-order valence-electron chi connectivity index (χ0n) is 15.0. The first-order valence-corrected chi connectivity index (χ1v) is 8.27. The van der Waals surface area contributed by atoms with E-state index in [1.807, 2.05) is 68.5 Å². The van der Waals surface area contributed by atoms with Crippen molar-refractivity contribution in [3.63, 3.8) is 0 Å². The van der Waals surface area contributed by atoms with Crippen molar-refractivity contribution in [1.82, 2.24) is 0 Å². The number of benzene rings is 2. The van der Waals surface area contributed by atoms with E-state index >= 15 is 0 Å². The molecule has 0 bridgehead atoms. The van der Waals surface area contributed by atoms with E-state index in [1.54, 1.807) is 6.08 Å². The first kappa shape index (κ1) is 18.5. The lowest BCUT2D eigenvalue weighted by Gasteiger charge is -2.20. The van der Waals surface area contributed by atoms with Gasteiger partial charge >= 0.3 is 5.97 Å².